The van der Waals surface area contributed by atoms with Crippen molar-refractivity contribution in [2.24, 2.45) is 0 Å². The van der Waals surface area contributed by atoms with Crippen LogP contribution in [0.2, 0.25) is 0 Å². The van der Waals surface area contributed by atoms with Crippen LogP contribution in [0.4, 0.5) is 10.5 Å². The maximum atomic E-state index is 14.0. The van der Waals surface area contributed by atoms with Gasteiger partial charge in [-0.15, -0.1) is 0 Å². The maximum Gasteiger partial charge on any atom is 0.408 e. The molecule has 2 aromatic carbocycles. The lowest BCUT2D eigenvalue weighted by molar-refractivity contribution is -0.146. The van der Waals surface area contributed by atoms with Gasteiger partial charge >= 0.3 is 6.09 Å². The van der Waals surface area contributed by atoms with Crippen LogP contribution in [0.1, 0.15) is 64.3 Å². The van der Waals surface area contributed by atoms with E-state index in [-0.39, 0.29) is 11.7 Å². The van der Waals surface area contributed by atoms with E-state index in [1.165, 1.54) is 4.90 Å². The maximum absolute atomic E-state index is 14.0. The van der Waals surface area contributed by atoms with Gasteiger partial charge in [0.25, 0.3) is 5.91 Å². The average molecular weight is 514 g/mol. The molecule has 7 nitrogen and oxygen atoms in total. The fourth-order valence-corrected chi connectivity index (χ4v) is 4.15. The highest BCUT2D eigenvalue weighted by molar-refractivity contribution is 7.80. The van der Waals surface area contributed by atoms with E-state index in [0.717, 1.165) is 11.1 Å². The Morgan fingerprint density at radius 3 is 1.94 bits per heavy atom. The number of carbonyl (C=O) groups is 3. The number of alkyl carbamates (subject to hydrolysis) is 1. The molecule has 0 aliphatic heterocycles. The molecule has 0 aromatic heterocycles. The summed E-state index contributed by atoms with van der Waals surface area (Å²) in [5.41, 5.74) is 1.71. The molecular weight excluding hydrogens is 474 g/mol. The molecule has 2 rings (SSSR count). The van der Waals surface area contributed by atoms with Gasteiger partial charge in [0.05, 0.1) is 0 Å². The van der Waals surface area contributed by atoms with Crippen LogP contribution in [0, 0.1) is 13.8 Å². The third kappa shape index (κ3) is 7.75. The Bertz CT molecular complexity index is 1050. The highest BCUT2D eigenvalue weighted by Crippen LogP contribution is 2.32. The van der Waals surface area contributed by atoms with Crippen molar-refractivity contribution < 1.29 is 19.1 Å². The minimum Gasteiger partial charge on any atom is -0.444 e. The van der Waals surface area contributed by atoms with Crippen molar-refractivity contribution in [3.63, 3.8) is 0 Å². The summed E-state index contributed by atoms with van der Waals surface area (Å²) < 4.78 is 5.35. The van der Waals surface area contributed by atoms with Gasteiger partial charge < -0.3 is 20.3 Å². The Balaban J connectivity index is 2.53. The number of carbonyl (C=O) groups excluding carboxylic acids is 3. The number of benzene rings is 2. The molecule has 0 fully saturated rings. The molecule has 0 spiro atoms. The molecule has 0 bridgehead atoms. The fourth-order valence-electron chi connectivity index (χ4n) is 3.90. The first-order chi connectivity index (χ1) is 16.7. The van der Waals surface area contributed by atoms with Crippen LogP contribution in [0.5, 0.6) is 0 Å². The van der Waals surface area contributed by atoms with Crippen molar-refractivity contribution in [3.8, 4) is 0 Å². The third-order valence-electron chi connectivity index (χ3n) is 5.48. The number of aryl methyl sites for hydroxylation is 2. The predicted molar refractivity (Wildman–Crippen MR) is 147 cm³/mol. The topological polar surface area (TPSA) is 87.7 Å². The van der Waals surface area contributed by atoms with Crippen LogP contribution >= 0.6 is 12.6 Å². The van der Waals surface area contributed by atoms with E-state index in [1.807, 2.05) is 83.1 Å². The molecule has 36 heavy (non-hydrogen) atoms. The van der Waals surface area contributed by atoms with Gasteiger partial charge in [-0.25, -0.2) is 4.79 Å². The van der Waals surface area contributed by atoms with E-state index in [9.17, 15) is 14.4 Å². The average Bonchev–Trinajstić information content (AvgIpc) is 2.76. The Morgan fingerprint density at radius 2 is 1.47 bits per heavy atom. The molecule has 2 N–H and O–H groups in total. The van der Waals surface area contributed by atoms with Crippen LogP contribution in [0.15, 0.2) is 48.5 Å². The second-order valence-corrected chi connectivity index (χ2v) is 11.2. The number of para-hydroxylation sites is 1. The first kappa shape index (κ1) is 29.2. The normalized spacial score (nSPS) is 13.4. The molecule has 0 saturated heterocycles. The molecule has 0 aliphatic carbocycles. The first-order valence-electron chi connectivity index (χ1n) is 12.0. The Morgan fingerprint density at radius 1 is 0.917 bits per heavy atom. The van der Waals surface area contributed by atoms with Crippen molar-refractivity contribution in [1.29, 1.82) is 0 Å². The monoisotopic (exact) mass is 513 g/mol. The summed E-state index contributed by atoms with van der Waals surface area (Å²) in [7, 11) is 0. The van der Waals surface area contributed by atoms with Crippen LogP contribution in [0.25, 0.3) is 0 Å². The molecule has 196 valence electrons. The molecule has 0 saturated carbocycles. The zero-order valence-corrected chi connectivity index (χ0v) is 23.4. The van der Waals surface area contributed by atoms with E-state index < -0.39 is 35.2 Å². The first-order valence-corrected chi connectivity index (χ1v) is 12.6. The van der Waals surface area contributed by atoms with E-state index >= 15 is 0 Å². The molecule has 3 amide bonds. The predicted octanol–water partition coefficient (Wildman–Crippen LogP) is 5.43. The number of anilines is 1. The lowest BCUT2D eigenvalue weighted by atomic mass is 9.95. The highest BCUT2D eigenvalue weighted by Gasteiger charge is 2.41. The number of nitrogens with one attached hydrogen (secondary N) is 2. The van der Waals surface area contributed by atoms with Gasteiger partial charge in [0.2, 0.25) is 5.91 Å². The summed E-state index contributed by atoms with van der Waals surface area (Å²) in [6.45, 7) is 14.7. The molecule has 2 aromatic rings. The van der Waals surface area contributed by atoms with Gasteiger partial charge in [0.15, 0.2) is 0 Å². The number of hydrogen-bond acceptors (Lipinski definition) is 5. The second-order valence-electron chi connectivity index (χ2n) is 10.8. The summed E-state index contributed by atoms with van der Waals surface area (Å²) in [5, 5.41) is 5.68. The van der Waals surface area contributed by atoms with E-state index in [0.29, 0.717) is 11.3 Å². The van der Waals surface area contributed by atoms with Crippen molar-refractivity contribution in [2.45, 2.75) is 78.6 Å². The van der Waals surface area contributed by atoms with Gasteiger partial charge in [0, 0.05) is 17.0 Å². The third-order valence-corrected chi connectivity index (χ3v) is 5.85. The largest absolute Gasteiger partial charge is 0.444 e. The van der Waals surface area contributed by atoms with Crippen molar-refractivity contribution in [2.75, 3.05) is 11.1 Å². The molecule has 0 radical (unpaired) electrons. The standard InChI is InChI=1S/C28H39N3O4S/c1-18-13-12-14-19(2)22(18)30-24(32)23(20-15-10-9-11-16-20)31(27(3,4)5)25(33)21(17-36)29-26(34)35-28(6,7)8/h9-16,21,23,36H,17H2,1-8H3,(H,29,34)(H,30,32). The Kier molecular flexibility index (Phi) is 9.60. The van der Waals surface area contributed by atoms with Crippen molar-refractivity contribution in [3.05, 3.63) is 65.2 Å². The number of nitrogens with zero attached hydrogens (tertiary/aromatic N) is 1. The molecule has 0 aliphatic rings. The molecule has 0 heterocycles. The lowest BCUT2D eigenvalue weighted by Gasteiger charge is -2.43. The number of thiol groups is 1. The summed E-state index contributed by atoms with van der Waals surface area (Å²) in [6.07, 6.45) is -0.722. The van der Waals surface area contributed by atoms with Crippen LogP contribution < -0.4 is 10.6 Å². The zero-order valence-electron chi connectivity index (χ0n) is 22.5. The number of rotatable bonds is 7. The summed E-state index contributed by atoms with van der Waals surface area (Å²) >= 11 is 4.33. The smallest absolute Gasteiger partial charge is 0.408 e. The number of ether oxygens (including phenoxy) is 1. The minimum absolute atomic E-state index is 0.0324. The SMILES string of the molecule is Cc1cccc(C)c1NC(=O)C(c1ccccc1)N(C(=O)C(CS)NC(=O)OC(C)(C)C)C(C)(C)C. The Hall–Kier alpha value is -3.00. The lowest BCUT2D eigenvalue weighted by Crippen LogP contribution is -2.58. The van der Waals surface area contributed by atoms with E-state index in [1.54, 1.807) is 20.8 Å². The van der Waals surface area contributed by atoms with Crippen molar-refractivity contribution >= 4 is 36.2 Å². The molecule has 2 atom stereocenters. The highest BCUT2D eigenvalue weighted by atomic mass is 32.1. The zero-order chi connectivity index (χ0) is 27.3. The van der Waals surface area contributed by atoms with Crippen LogP contribution in [0.3, 0.4) is 0 Å². The van der Waals surface area contributed by atoms with Gasteiger partial charge in [0.1, 0.15) is 17.7 Å². The van der Waals surface area contributed by atoms with Crippen LogP contribution in [-0.4, -0.2) is 45.7 Å². The second kappa shape index (κ2) is 11.8. The quantitative estimate of drug-likeness (QED) is 0.431. The molecular formula is C28H39N3O4S. The van der Waals surface area contributed by atoms with Crippen LogP contribution in [-0.2, 0) is 14.3 Å². The van der Waals surface area contributed by atoms with Gasteiger partial charge in [-0.3, -0.25) is 9.59 Å². The fraction of sp³-hybridized carbons (Fsp3) is 0.464. The summed E-state index contributed by atoms with van der Waals surface area (Å²) in [6, 6.07) is 13.0. The Labute approximate surface area is 220 Å². The molecule has 2 unspecified atom stereocenters. The van der Waals surface area contributed by atoms with Gasteiger partial charge in [-0.1, -0.05) is 48.5 Å². The van der Waals surface area contributed by atoms with Gasteiger partial charge in [-0.05, 0) is 72.1 Å². The molecule has 8 heteroatoms. The minimum atomic E-state index is -0.999. The van der Waals surface area contributed by atoms with Crippen molar-refractivity contribution in [1.82, 2.24) is 10.2 Å². The van der Waals surface area contributed by atoms with E-state index in [2.05, 4.69) is 23.3 Å². The summed E-state index contributed by atoms with van der Waals surface area (Å²) in [4.78, 5) is 41.8. The van der Waals surface area contributed by atoms with E-state index in [4.69, 9.17) is 4.74 Å². The summed E-state index contributed by atoms with van der Waals surface area (Å²) in [5.74, 6) is -0.754. The number of amides is 3. The number of hydrogen-bond donors (Lipinski definition) is 3. The van der Waals surface area contributed by atoms with Gasteiger partial charge in [-0.2, -0.15) is 12.6 Å².